The molecule has 2 unspecified atom stereocenters. The van der Waals surface area contributed by atoms with Crippen LogP contribution >= 0.6 is 35.7 Å². The summed E-state index contributed by atoms with van der Waals surface area (Å²) in [5, 5.41) is 8.04. The van der Waals surface area contributed by atoms with Crippen molar-refractivity contribution in [2.24, 2.45) is 4.99 Å². The van der Waals surface area contributed by atoms with E-state index in [4.69, 9.17) is 0 Å². The topological polar surface area (TPSA) is 36.4 Å². The lowest BCUT2D eigenvalue weighted by Gasteiger charge is -2.43. The van der Waals surface area contributed by atoms with Gasteiger partial charge in [0.15, 0.2) is 5.96 Å². The van der Waals surface area contributed by atoms with E-state index >= 15 is 0 Å². The molecule has 1 aromatic rings. The molecule has 0 bridgehead atoms. The van der Waals surface area contributed by atoms with Gasteiger partial charge in [0.1, 0.15) is 0 Å². The highest BCUT2D eigenvalue weighted by Crippen LogP contribution is 2.43. The predicted octanol–water partition coefficient (Wildman–Crippen LogP) is 4.18. The van der Waals surface area contributed by atoms with Crippen molar-refractivity contribution >= 4 is 41.7 Å². The third kappa shape index (κ3) is 4.59. The SMILES string of the molecule is CN=C(NCC1(c2ccccc2)CCC1)NC1CCC(SC)C1.I. The molecule has 24 heavy (non-hydrogen) atoms. The molecule has 2 fully saturated rings. The third-order valence-corrected chi connectivity index (χ3v) is 6.67. The summed E-state index contributed by atoms with van der Waals surface area (Å²) in [5.41, 5.74) is 1.77. The molecule has 3 rings (SSSR count). The van der Waals surface area contributed by atoms with Gasteiger partial charge in [0, 0.05) is 30.3 Å². The molecular formula is C19H30IN3S. The second kappa shape index (κ2) is 9.32. The summed E-state index contributed by atoms with van der Waals surface area (Å²) in [4.78, 5) is 4.45. The number of aliphatic imine (C=N–C) groups is 1. The highest BCUT2D eigenvalue weighted by atomic mass is 127. The third-order valence-electron chi connectivity index (χ3n) is 5.57. The van der Waals surface area contributed by atoms with Crippen LogP contribution in [-0.2, 0) is 5.41 Å². The minimum atomic E-state index is 0. The number of hydrogen-bond acceptors (Lipinski definition) is 2. The molecule has 0 saturated heterocycles. The van der Waals surface area contributed by atoms with E-state index in [0.717, 1.165) is 17.8 Å². The minimum Gasteiger partial charge on any atom is -0.356 e. The molecule has 0 radical (unpaired) electrons. The van der Waals surface area contributed by atoms with Crippen LogP contribution < -0.4 is 10.6 Å². The van der Waals surface area contributed by atoms with Gasteiger partial charge in [0.05, 0.1) is 0 Å². The van der Waals surface area contributed by atoms with Gasteiger partial charge >= 0.3 is 0 Å². The Morgan fingerprint density at radius 1 is 1.25 bits per heavy atom. The van der Waals surface area contributed by atoms with Gasteiger partial charge in [0.2, 0.25) is 0 Å². The largest absolute Gasteiger partial charge is 0.356 e. The Kier molecular flexibility index (Phi) is 7.72. The molecule has 1 aromatic carbocycles. The van der Waals surface area contributed by atoms with Gasteiger partial charge < -0.3 is 10.6 Å². The van der Waals surface area contributed by atoms with Crippen molar-refractivity contribution in [3.8, 4) is 0 Å². The number of guanidine groups is 1. The average Bonchev–Trinajstić information content (AvgIpc) is 3.01. The summed E-state index contributed by atoms with van der Waals surface area (Å²) < 4.78 is 0. The van der Waals surface area contributed by atoms with Crippen molar-refractivity contribution in [3.63, 3.8) is 0 Å². The van der Waals surface area contributed by atoms with Crippen molar-refractivity contribution in [1.29, 1.82) is 0 Å². The van der Waals surface area contributed by atoms with E-state index in [1.165, 1.54) is 44.1 Å². The monoisotopic (exact) mass is 459 g/mol. The van der Waals surface area contributed by atoms with Gasteiger partial charge in [-0.2, -0.15) is 11.8 Å². The molecule has 3 nitrogen and oxygen atoms in total. The quantitative estimate of drug-likeness (QED) is 0.394. The van der Waals surface area contributed by atoms with Crippen LogP contribution in [0.15, 0.2) is 35.3 Å². The normalized spacial score (nSPS) is 25.5. The highest BCUT2D eigenvalue weighted by molar-refractivity contribution is 14.0. The number of rotatable bonds is 5. The molecule has 2 saturated carbocycles. The standard InChI is InChI=1S/C19H29N3S.HI/c1-20-18(22-16-9-10-17(13-16)23-2)21-14-19(11-6-12-19)15-7-4-3-5-8-15;/h3-5,7-8,16-17H,6,9-14H2,1-2H3,(H2,20,21,22);1H. The first kappa shape index (κ1) is 19.9. The fourth-order valence-electron chi connectivity index (χ4n) is 3.89. The lowest BCUT2D eigenvalue weighted by atomic mass is 9.64. The molecule has 0 aliphatic heterocycles. The first-order valence-electron chi connectivity index (χ1n) is 8.81. The average molecular weight is 459 g/mol. The van der Waals surface area contributed by atoms with Gasteiger partial charge in [-0.05, 0) is 43.9 Å². The zero-order valence-electron chi connectivity index (χ0n) is 14.8. The van der Waals surface area contributed by atoms with Crippen LogP contribution in [0.5, 0.6) is 0 Å². The number of thioether (sulfide) groups is 1. The van der Waals surface area contributed by atoms with E-state index in [-0.39, 0.29) is 24.0 Å². The van der Waals surface area contributed by atoms with Crippen LogP contribution in [-0.4, -0.2) is 37.1 Å². The Morgan fingerprint density at radius 3 is 2.54 bits per heavy atom. The maximum Gasteiger partial charge on any atom is 0.191 e. The first-order chi connectivity index (χ1) is 11.3. The van der Waals surface area contributed by atoms with Gasteiger partial charge in [-0.25, -0.2) is 0 Å². The highest BCUT2D eigenvalue weighted by Gasteiger charge is 2.38. The van der Waals surface area contributed by atoms with E-state index in [1.807, 2.05) is 18.8 Å². The zero-order chi connectivity index (χ0) is 16.1. The summed E-state index contributed by atoms with van der Waals surface area (Å²) in [7, 11) is 1.88. The number of hydrogen-bond donors (Lipinski definition) is 2. The van der Waals surface area contributed by atoms with Gasteiger partial charge in [-0.3, -0.25) is 4.99 Å². The Balaban J connectivity index is 0.00000208. The van der Waals surface area contributed by atoms with Crippen molar-refractivity contribution < 1.29 is 0 Å². The van der Waals surface area contributed by atoms with Gasteiger partial charge in [-0.1, -0.05) is 36.8 Å². The van der Waals surface area contributed by atoms with Crippen molar-refractivity contribution in [2.75, 3.05) is 19.8 Å². The maximum atomic E-state index is 4.45. The maximum absolute atomic E-state index is 4.45. The molecule has 2 atom stereocenters. The summed E-state index contributed by atoms with van der Waals surface area (Å²) in [5.74, 6) is 0.971. The number of nitrogens with one attached hydrogen (secondary N) is 2. The summed E-state index contributed by atoms with van der Waals surface area (Å²) in [6.45, 7) is 0.982. The Hall–Kier alpha value is -0.430. The summed E-state index contributed by atoms with van der Waals surface area (Å²) in [6, 6.07) is 11.5. The van der Waals surface area contributed by atoms with Crippen LogP contribution in [0.4, 0.5) is 0 Å². The van der Waals surface area contributed by atoms with E-state index < -0.39 is 0 Å². The first-order valence-corrected chi connectivity index (χ1v) is 10.1. The van der Waals surface area contributed by atoms with E-state index in [2.05, 4.69) is 52.2 Å². The van der Waals surface area contributed by atoms with Crippen LogP contribution in [0, 0.1) is 0 Å². The number of halogens is 1. The molecular weight excluding hydrogens is 429 g/mol. The Bertz CT molecular complexity index is 531. The molecule has 0 spiro atoms. The fraction of sp³-hybridized carbons (Fsp3) is 0.632. The fourth-order valence-corrected chi connectivity index (χ4v) is 4.69. The van der Waals surface area contributed by atoms with Crippen molar-refractivity contribution in [2.45, 2.75) is 55.2 Å². The molecule has 2 aliphatic rings. The Labute approximate surface area is 167 Å². The second-order valence-corrected chi connectivity index (χ2v) is 8.08. The van der Waals surface area contributed by atoms with Gasteiger partial charge in [-0.15, -0.1) is 24.0 Å². The van der Waals surface area contributed by atoms with Crippen LogP contribution in [0.3, 0.4) is 0 Å². The summed E-state index contributed by atoms with van der Waals surface area (Å²) >= 11 is 2.00. The minimum absolute atomic E-state index is 0. The molecule has 0 heterocycles. The van der Waals surface area contributed by atoms with Crippen LogP contribution in [0.1, 0.15) is 44.1 Å². The number of benzene rings is 1. The summed E-state index contributed by atoms with van der Waals surface area (Å²) in [6.07, 6.45) is 9.95. The second-order valence-electron chi connectivity index (χ2n) is 6.94. The molecule has 2 aliphatic carbocycles. The van der Waals surface area contributed by atoms with E-state index in [0.29, 0.717) is 11.5 Å². The van der Waals surface area contributed by atoms with Gasteiger partial charge in [0.25, 0.3) is 0 Å². The molecule has 134 valence electrons. The van der Waals surface area contributed by atoms with E-state index in [9.17, 15) is 0 Å². The lowest BCUT2D eigenvalue weighted by molar-refractivity contribution is 0.243. The van der Waals surface area contributed by atoms with Crippen LogP contribution in [0.2, 0.25) is 0 Å². The van der Waals surface area contributed by atoms with Crippen LogP contribution in [0.25, 0.3) is 0 Å². The lowest BCUT2D eigenvalue weighted by Crippen LogP contribution is -2.50. The van der Waals surface area contributed by atoms with Crippen molar-refractivity contribution in [3.05, 3.63) is 35.9 Å². The predicted molar refractivity (Wildman–Crippen MR) is 117 cm³/mol. The molecule has 5 heteroatoms. The number of nitrogens with zero attached hydrogens (tertiary/aromatic N) is 1. The smallest absolute Gasteiger partial charge is 0.191 e. The zero-order valence-corrected chi connectivity index (χ0v) is 17.9. The van der Waals surface area contributed by atoms with Crippen molar-refractivity contribution in [1.82, 2.24) is 10.6 Å². The molecule has 0 aromatic heterocycles. The molecule has 2 N–H and O–H groups in total. The Morgan fingerprint density at radius 2 is 2.00 bits per heavy atom. The molecule has 0 amide bonds. The van der Waals surface area contributed by atoms with E-state index in [1.54, 1.807) is 0 Å².